The lowest BCUT2D eigenvalue weighted by Crippen LogP contribution is -1.94. The summed E-state index contributed by atoms with van der Waals surface area (Å²) in [5, 5.41) is 12.8. The highest BCUT2D eigenvalue weighted by Gasteiger charge is 1.85. The first kappa shape index (κ1) is 4.76. The second-order valence-electron chi connectivity index (χ2n) is 1.07. The summed E-state index contributed by atoms with van der Waals surface area (Å²) in [6, 6.07) is 0. The average molecular weight is 110 g/mol. The van der Waals surface area contributed by atoms with E-state index in [0.717, 1.165) is 0 Å². The predicted octanol–water partition coefficient (Wildman–Crippen LogP) is -0.921. The molecule has 40 valence electrons. The molecule has 1 aromatic rings. The molecule has 0 radical (unpaired) electrons. The third kappa shape index (κ3) is 0.810. The van der Waals surface area contributed by atoms with Crippen LogP contribution in [-0.4, -0.2) is 26.9 Å². The van der Waals surface area contributed by atoms with Gasteiger partial charge in [0.2, 0.25) is 0 Å². The Morgan fingerprint density at radius 1 is 1.50 bits per heavy atom. The smallest absolute Gasteiger partial charge is 0.172 e. The Kier molecular flexibility index (Phi) is 1.23. The summed E-state index contributed by atoms with van der Waals surface area (Å²) in [4.78, 5) is 9.84. The van der Waals surface area contributed by atoms with Crippen molar-refractivity contribution >= 4 is 6.29 Å². The van der Waals surface area contributed by atoms with Gasteiger partial charge < -0.3 is 0 Å². The lowest BCUT2D eigenvalue weighted by atomic mass is 10.5. The average Bonchev–Trinajstić information content (AvgIpc) is 1.90. The lowest BCUT2D eigenvalue weighted by Gasteiger charge is -1.77. The normalized spacial score (nSPS) is 8.50. The van der Waals surface area contributed by atoms with Crippen LogP contribution in [0.15, 0.2) is 6.20 Å². The van der Waals surface area contributed by atoms with Crippen LogP contribution in [0.1, 0.15) is 10.5 Å². The monoisotopic (exact) mass is 110 g/mol. The molecule has 1 aromatic heterocycles. The van der Waals surface area contributed by atoms with Gasteiger partial charge in [0.1, 0.15) is 5.69 Å². The zero-order valence-corrected chi connectivity index (χ0v) is 3.85. The van der Waals surface area contributed by atoms with Crippen molar-refractivity contribution in [2.75, 3.05) is 0 Å². The third-order valence-electron chi connectivity index (χ3n) is 0.563. The van der Waals surface area contributed by atoms with E-state index in [4.69, 9.17) is 0 Å². The number of carbonyl (C=O) groups is 1. The molecule has 5 heteroatoms. The second-order valence-corrected chi connectivity index (χ2v) is 1.07. The van der Waals surface area contributed by atoms with E-state index in [-0.39, 0.29) is 5.69 Å². The number of aldehydes is 1. The van der Waals surface area contributed by atoms with Gasteiger partial charge in [-0.2, -0.15) is 0 Å². The van der Waals surface area contributed by atoms with Crippen LogP contribution < -0.4 is 0 Å². The van der Waals surface area contributed by atoms with Crippen LogP contribution >= 0.6 is 0 Å². The summed E-state index contributed by atoms with van der Waals surface area (Å²) in [6.07, 6.45) is 1.79. The van der Waals surface area contributed by atoms with E-state index in [1.807, 2.05) is 0 Å². The number of carbonyl (C=O) groups excluding carboxylic acids is 1. The number of hydrogen-bond donors (Lipinski definition) is 0. The molecule has 0 aromatic carbocycles. The second kappa shape index (κ2) is 2.06. The topological polar surface area (TPSA) is 68.6 Å². The molecule has 0 aliphatic rings. The maximum Gasteiger partial charge on any atom is 0.172 e. The first-order valence-electron chi connectivity index (χ1n) is 1.89. The van der Waals surface area contributed by atoms with Crippen LogP contribution in [0.2, 0.25) is 0 Å². The van der Waals surface area contributed by atoms with Crippen LogP contribution in [0.3, 0.4) is 0 Å². The summed E-state index contributed by atoms with van der Waals surface area (Å²) in [5.74, 6) is 0. The molecule has 0 amide bonds. The minimum atomic E-state index is 0.194. The molecule has 8 heavy (non-hydrogen) atoms. The van der Waals surface area contributed by atoms with Crippen molar-refractivity contribution in [3.05, 3.63) is 11.9 Å². The van der Waals surface area contributed by atoms with Crippen LogP contribution in [-0.2, 0) is 0 Å². The largest absolute Gasteiger partial charge is 0.296 e. The van der Waals surface area contributed by atoms with E-state index in [9.17, 15) is 4.79 Å². The molecule has 0 saturated carbocycles. The van der Waals surface area contributed by atoms with Crippen molar-refractivity contribution in [3.63, 3.8) is 0 Å². The number of hydrogen-bond acceptors (Lipinski definition) is 5. The summed E-state index contributed by atoms with van der Waals surface area (Å²) >= 11 is 0. The molecule has 0 unspecified atom stereocenters. The summed E-state index contributed by atoms with van der Waals surface area (Å²) in [7, 11) is 0. The maximum absolute atomic E-state index is 9.84. The Morgan fingerprint density at radius 2 is 2.38 bits per heavy atom. The fourth-order valence-electron chi connectivity index (χ4n) is 0.260. The minimum absolute atomic E-state index is 0.194. The highest BCUT2D eigenvalue weighted by atomic mass is 16.1. The molecule has 0 N–H and O–H groups in total. The molecule has 0 aliphatic carbocycles. The Balaban J connectivity index is 2.99. The van der Waals surface area contributed by atoms with Crippen LogP contribution in [0.5, 0.6) is 0 Å². The van der Waals surface area contributed by atoms with Gasteiger partial charge in [-0.15, -0.1) is 10.2 Å². The Labute approximate surface area is 44.7 Å². The van der Waals surface area contributed by atoms with E-state index in [2.05, 4.69) is 20.6 Å². The molecule has 0 saturated heterocycles. The van der Waals surface area contributed by atoms with Gasteiger partial charge in [0, 0.05) is 0 Å². The van der Waals surface area contributed by atoms with Gasteiger partial charge in [0.15, 0.2) is 6.29 Å². The number of aromatic nitrogens is 4. The number of nitrogens with zero attached hydrogens (tertiary/aromatic N) is 4. The summed E-state index contributed by atoms with van der Waals surface area (Å²) in [5.41, 5.74) is 0.194. The van der Waals surface area contributed by atoms with Crippen LogP contribution in [0.4, 0.5) is 0 Å². The fourth-order valence-corrected chi connectivity index (χ4v) is 0.260. The Bertz CT molecular complexity index is 174. The third-order valence-corrected chi connectivity index (χ3v) is 0.563. The van der Waals surface area contributed by atoms with Gasteiger partial charge >= 0.3 is 0 Å². The first-order valence-corrected chi connectivity index (χ1v) is 1.89. The molecule has 0 aliphatic heterocycles. The zero-order valence-electron chi connectivity index (χ0n) is 3.85. The van der Waals surface area contributed by atoms with Crippen molar-refractivity contribution in [1.82, 2.24) is 20.6 Å². The highest BCUT2D eigenvalue weighted by molar-refractivity contribution is 5.70. The quantitative estimate of drug-likeness (QED) is 0.437. The zero-order chi connectivity index (χ0) is 5.82. The standard InChI is InChI=1S/C3H2N4O/c8-2-3-1-4-6-7-5-3/h1-2H. The van der Waals surface area contributed by atoms with Crippen molar-refractivity contribution in [2.24, 2.45) is 0 Å². The van der Waals surface area contributed by atoms with E-state index >= 15 is 0 Å². The molecular formula is C3H2N4O. The molecule has 0 bridgehead atoms. The number of rotatable bonds is 1. The first-order chi connectivity index (χ1) is 3.93. The molecule has 1 rings (SSSR count). The predicted molar refractivity (Wildman–Crippen MR) is 23.0 cm³/mol. The van der Waals surface area contributed by atoms with E-state index in [1.165, 1.54) is 6.20 Å². The van der Waals surface area contributed by atoms with Crippen molar-refractivity contribution in [2.45, 2.75) is 0 Å². The van der Waals surface area contributed by atoms with Crippen molar-refractivity contribution < 1.29 is 4.79 Å². The Hall–Kier alpha value is -1.39. The van der Waals surface area contributed by atoms with Gasteiger partial charge in [-0.3, -0.25) is 4.79 Å². The molecule has 0 atom stereocenters. The van der Waals surface area contributed by atoms with E-state index < -0.39 is 0 Å². The van der Waals surface area contributed by atoms with E-state index in [1.54, 1.807) is 0 Å². The highest BCUT2D eigenvalue weighted by Crippen LogP contribution is 1.74. The van der Waals surface area contributed by atoms with Gasteiger partial charge in [-0.25, -0.2) is 0 Å². The van der Waals surface area contributed by atoms with Gasteiger partial charge in [-0.05, 0) is 10.4 Å². The fraction of sp³-hybridized carbons (Fsp3) is 0. The van der Waals surface area contributed by atoms with Crippen LogP contribution in [0, 0.1) is 0 Å². The lowest BCUT2D eigenvalue weighted by molar-refractivity contribution is 0.111. The van der Waals surface area contributed by atoms with Gasteiger partial charge in [0.25, 0.3) is 0 Å². The van der Waals surface area contributed by atoms with Crippen molar-refractivity contribution in [3.8, 4) is 0 Å². The molecule has 0 spiro atoms. The molecule has 1 heterocycles. The van der Waals surface area contributed by atoms with Crippen molar-refractivity contribution in [1.29, 1.82) is 0 Å². The minimum Gasteiger partial charge on any atom is -0.296 e. The molecular weight excluding hydrogens is 108 g/mol. The van der Waals surface area contributed by atoms with Gasteiger partial charge in [0.05, 0.1) is 6.20 Å². The van der Waals surface area contributed by atoms with E-state index in [0.29, 0.717) is 6.29 Å². The SMILES string of the molecule is O=Cc1cnnnn1. The molecule has 5 nitrogen and oxygen atoms in total. The summed E-state index contributed by atoms with van der Waals surface area (Å²) < 4.78 is 0. The molecule has 0 fully saturated rings. The maximum atomic E-state index is 9.84. The summed E-state index contributed by atoms with van der Waals surface area (Å²) in [6.45, 7) is 0. The van der Waals surface area contributed by atoms with Crippen LogP contribution in [0.25, 0.3) is 0 Å². The van der Waals surface area contributed by atoms with Gasteiger partial charge in [-0.1, -0.05) is 0 Å². The Morgan fingerprint density at radius 3 is 2.75 bits per heavy atom.